The van der Waals surface area contributed by atoms with Crippen molar-refractivity contribution in [2.75, 3.05) is 7.11 Å². The van der Waals surface area contributed by atoms with Crippen LogP contribution in [0, 0.1) is 5.92 Å². The van der Waals surface area contributed by atoms with Gasteiger partial charge in [-0.05, 0) is 42.5 Å². The average molecular weight is 381 g/mol. The molecule has 0 aromatic heterocycles. The molecule has 148 valence electrons. The van der Waals surface area contributed by atoms with Crippen LogP contribution in [0.15, 0.2) is 54.6 Å². The lowest BCUT2D eigenvalue weighted by molar-refractivity contribution is -0.147. The average Bonchev–Trinajstić information content (AvgIpc) is 3.07. The van der Waals surface area contributed by atoms with E-state index in [1.165, 1.54) is 12.0 Å². The molecule has 28 heavy (non-hydrogen) atoms. The van der Waals surface area contributed by atoms with Gasteiger partial charge >= 0.3 is 12.1 Å². The molecule has 0 radical (unpaired) electrons. The van der Waals surface area contributed by atoms with Crippen LogP contribution in [0.5, 0.6) is 0 Å². The van der Waals surface area contributed by atoms with Gasteiger partial charge in [-0.1, -0.05) is 61.5 Å². The number of hydrogen-bond acceptors (Lipinski definition) is 4. The molecule has 0 saturated carbocycles. The van der Waals surface area contributed by atoms with Gasteiger partial charge in [0.25, 0.3) is 0 Å². The quantitative estimate of drug-likeness (QED) is 0.529. The molecule has 1 aliphatic heterocycles. The Morgan fingerprint density at radius 3 is 2.64 bits per heavy atom. The molecule has 1 heterocycles. The molecule has 1 aliphatic rings. The Morgan fingerprint density at radius 2 is 1.93 bits per heavy atom. The SMILES string of the molecule is CC=CCC(C)C1OC(=O)N(C(C)c2cccc3ccccc23)C1C(=O)OC. The first kappa shape index (κ1) is 19.9. The van der Waals surface area contributed by atoms with E-state index in [0.29, 0.717) is 0 Å². The molecule has 3 rings (SSSR count). The second-order valence-electron chi connectivity index (χ2n) is 7.25. The van der Waals surface area contributed by atoms with Gasteiger partial charge in [0.2, 0.25) is 0 Å². The van der Waals surface area contributed by atoms with Crippen molar-refractivity contribution < 1.29 is 19.1 Å². The first-order valence-corrected chi connectivity index (χ1v) is 9.65. The number of ether oxygens (including phenoxy) is 2. The van der Waals surface area contributed by atoms with Crippen LogP contribution in [0.25, 0.3) is 10.8 Å². The van der Waals surface area contributed by atoms with Crippen LogP contribution in [0.1, 0.15) is 38.8 Å². The zero-order chi connectivity index (χ0) is 20.3. The maximum atomic E-state index is 12.8. The van der Waals surface area contributed by atoms with E-state index in [-0.39, 0.29) is 12.0 Å². The maximum Gasteiger partial charge on any atom is 0.411 e. The number of carbonyl (C=O) groups is 2. The molecule has 0 spiro atoms. The number of esters is 1. The predicted octanol–water partition coefficient (Wildman–Crippen LogP) is 4.87. The van der Waals surface area contributed by atoms with E-state index in [0.717, 1.165) is 22.8 Å². The molecule has 0 aliphatic carbocycles. The minimum Gasteiger partial charge on any atom is -0.467 e. The molecular weight excluding hydrogens is 354 g/mol. The zero-order valence-corrected chi connectivity index (χ0v) is 16.8. The minimum atomic E-state index is -0.772. The van der Waals surface area contributed by atoms with E-state index < -0.39 is 24.2 Å². The third kappa shape index (κ3) is 3.61. The fourth-order valence-electron chi connectivity index (χ4n) is 3.96. The lowest BCUT2D eigenvalue weighted by Gasteiger charge is -2.30. The molecule has 1 saturated heterocycles. The highest BCUT2D eigenvalue weighted by Crippen LogP contribution is 2.37. The Kier molecular flexibility index (Phi) is 6.02. The number of benzene rings is 2. The summed E-state index contributed by atoms with van der Waals surface area (Å²) in [6.07, 6.45) is 3.67. The van der Waals surface area contributed by atoms with Crippen LogP contribution in [-0.2, 0) is 14.3 Å². The molecule has 0 N–H and O–H groups in total. The van der Waals surface area contributed by atoms with E-state index in [2.05, 4.69) is 0 Å². The summed E-state index contributed by atoms with van der Waals surface area (Å²) in [7, 11) is 1.35. The number of rotatable bonds is 6. The number of fused-ring (bicyclic) bond motifs is 1. The van der Waals surface area contributed by atoms with Crippen LogP contribution in [0.2, 0.25) is 0 Å². The third-order valence-electron chi connectivity index (χ3n) is 5.50. The Balaban J connectivity index is 2.00. The van der Waals surface area contributed by atoms with Crippen molar-refractivity contribution in [3.8, 4) is 0 Å². The first-order valence-electron chi connectivity index (χ1n) is 9.65. The van der Waals surface area contributed by atoms with Gasteiger partial charge in [-0.3, -0.25) is 4.90 Å². The Labute approximate surface area is 165 Å². The summed E-state index contributed by atoms with van der Waals surface area (Å²) in [6.45, 7) is 5.86. The number of nitrogens with zero attached hydrogens (tertiary/aromatic N) is 1. The standard InChI is InChI=1S/C23H27NO4/c1-5-6-10-15(2)21-20(22(25)27-4)24(23(26)28-21)16(3)18-14-9-12-17-11-7-8-13-19(17)18/h5-9,11-16,20-21H,10H2,1-4H3. The molecule has 1 fully saturated rings. The largest absolute Gasteiger partial charge is 0.467 e. The number of allylic oxidation sites excluding steroid dienone is 2. The van der Waals surface area contributed by atoms with Gasteiger partial charge in [-0.2, -0.15) is 0 Å². The number of hydrogen-bond donors (Lipinski definition) is 0. The van der Waals surface area contributed by atoms with Gasteiger partial charge < -0.3 is 9.47 Å². The van der Waals surface area contributed by atoms with Crippen molar-refractivity contribution >= 4 is 22.8 Å². The van der Waals surface area contributed by atoms with Gasteiger partial charge in [0.1, 0.15) is 6.10 Å². The van der Waals surface area contributed by atoms with Crippen LogP contribution in [-0.4, -0.2) is 36.2 Å². The van der Waals surface area contributed by atoms with Crippen LogP contribution in [0.4, 0.5) is 4.79 Å². The zero-order valence-electron chi connectivity index (χ0n) is 16.8. The molecule has 2 aromatic rings. The van der Waals surface area contributed by atoms with Gasteiger partial charge in [0.15, 0.2) is 6.04 Å². The fraction of sp³-hybridized carbons (Fsp3) is 0.391. The molecule has 4 atom stereocenters. The molecule has 5 nitrogen and oxygen atoms in total. The van der Waals surface area contributed by atoms with E-state index in [1.54, 1.807) is 0 Å². The second kappa shape index (κ2) is 8.46. The fourth-order valence-corrected chi connectivity index (χ4v) is 3.96. The summed E-state index contributed by atoms with van der Waals surface area (Å²) in [6, 6.07) is 12.9. The van der Waals surface area contributed by atoms with Crippen molar-refractivity contribution in [2.24, 2.45) is 5.92 Å². The van der Waals surface area contributed by atoms with Crippen LogP contribution >= 0.6 is 0 Å². The summed E-state index contributed by atoms with van der Waals surface area (Å²) >= 11 is 0. The van der Waals surface area contributed by atoms with Gasteiger partial charge in [-0.25, -0.2) is 9.59 Å². The van der Waals surface area contributed by atoms with Crippen molar-refractivity contribution in [3.63, 3.8) is 0 Å². The molecule has 5 heteroatoms. The van der Waals surface area contributed by atoms with Crippen molar-refractivity contribution in [1.29, 1.82) is 0 Å². The highest BCUT2D eigenvalue weighted by atomic mass is 16.6. The third-order valence-corrected chi connectivity index (χ3v) is 5.50. The summed E-state index contributed by atoms with van der Waals surface area (Å²) < 4.78 is 10.7. The number of methoxy groups -OCH3 is 1. The second-order valence-corrected chi connectivity index (χ2v) is 7.25. The molecule has 0 bridgehead atoms. The summed E-state index contributed by atoms with van der Waals surface area (Å²) in [5.41, 5.74) is 0.978. The van der Waals surface area contributed by atoms with E-state index in [1.807, 2.05) is 75.4 Å². The first-order chi connectivity index (χ1) is 13.5. The normalized spacial score (nSPS) is 21.7. The lowest BCUT2D eigenvalue weighted by atomic mass is 9.92. The van der Waals surface area contributed by atoms with Gasteiger partial charge in [-0.15, -0.1) is 0 Å². The van der Waals surface area contributed by atoms with Crippen molar-refractivity contribution in [3.05, 3.63) is 60.2 Å². The van der Waals surface area contributed by atoms with Gasteiger partial charge in [0, 0.05) is 0 Å². The van der Waals surface area contributed by atoms with Crippen molar-refractivity contribution in [2.45, 2.75) is 45.4 Å². The summed E-state index contributed by atoms with van der Waals surface area (Å²) in [4.78, 5) is 27.0. The van der Waals surface area contributed by atoms with Crippen LogP contribution in [0.3, 0.4) is 0 Å². The highest BCUT2D eigenvalue weighted by Gasteiger charge is 2.51. The Morgan fingerprint density at radius 1 is 1.21 bits per heavy atom. The van der Waals surface area contributed by atoms with Crippen molar-refractivity contribution in [1.82, 2.24) is 4.90 Å². The van der Waals surface area contributed by atoms with E-state index in [9.17, 15) is 9.59 Å². The topological polar surface area (TPSA) is 55.8 Å². The summed E-state index contributed by atoms with van der Waals surface area (Å²) in [5.74, 6) is -0.454. The molecule has 2 aromatic carbocycles. The van der Waals surface area contributed by atoms with E-state index in [4.69, 9.17) is 9.47 Å². The predicted molar refractivity (Wildman–Crippen MR) is 109 cm³/mol. The Hall–Kier alpha value is -2.82. The summed E-state index contributed by atoms with van der Waals surface area (Å²) in [5, 5.41) is 2.14. The number of carbonyl (C=O) groups excluding carboxylic acids is 2. The van der Waals surface area contributed by atoms with Crippen LogP contribution < -0.4 is 0 Å². The monoisotopic (exact) mass is 381 g/mol. The van der Waals surface area contributed by atoms with E-state index >= 15 is 0 Å². The lowest BCUT2D eigenvalue weighted by Crippen LogP contribution is -2.46. The highest BCUT2D eigenvalue weighted by molar-refractivity contribution is 5.88. The molecule has 1 amide bonds. The maximum absolute atomic E-state index is 12.8. The molecular formula is C23H27NO4. The van der Waals surface area contributed by atoms with Gasteiger partial charge in [0.05, 0.1) is 13.2 Å². The molecule has 4 unspecified atom stereocenters. The number of amides is 1. The minimum absolute atomic E-state index is 0.00559. The Bertz CT molecular complexity index is 886. The number of cyclic esters (lactones) is 1. The smallest absolute Gasteiger partial charge is 0.411 e.